The first-order chi connectivity index (χ1) is 6.81. The first-order valence-corrected chi connectivity index (χ1v) is 5.39. The van der Waals surface area contributed by atoms with Crippen LogP contribution in [-0.2, 0) is 0 Å². The molecule has 0 fully saturated rings. The Balaban J connectivity index is 2.40. The third kappa shape index (κ3) is 1.66. The number of nitrogens with one attached hydrogen (secondary N) is 1. The lowest BCUT2D eigenvalue weighted by molar-refractivity contribution is 0.0984. The fourth-order valence-corrected chi connectivity index (χ4v) is 2.32. The van der Waals surface area contributed by atoms with E-state index in [1.807, 2.05) is 37.2 Å². The van der Waals surface area contributed by atoms with Gasteiger partial charge in [-0.3, -0.25) is 4.79 Å². The molecule has 2 rings (SSSR count). The molecule has 1 aromatic carbocycles. The minimum absolute atomic E-state index is 0.0219. The minimum atomic E-state index is 0.0219. The molecule has 1 aromatic heterocycles. The molecule has 0 spiro atoms. The molecule has 0 unspecified atom stereocenters. The number of thiophene rings is 1. The topological polar surface area (TPSA) is 29.1 Å². The van der Waals surface area contributed by atoms with Gasteiger partial charge in [0.05, 0.1) is 4.88 Å². The quantitative estimate of drug-likeness (QED) is 0.743. The van der Waals surface area contributed by atoms with Crippen molar-refractivity contribution in [3.63, 3.8) is 0 Å². The van der Waals surface area contributed by atoms with Crippen molar-refractivity contribution in [1.29, 1.82) is 0 Å². The van der Waals surface area contributed by atoms with Gasteiger partial charge in [0.25, 0.3) is 0 Å². The number of hydrogen-bond acceptors (Lipinski definition) is 2. The molecule has 0 atom stereocenters. The van der Waals surface area contributed by atoms with E-state index in [4.69, 9.17) is 0 Å². The monoisotopic (exact) mass is 203 g/mol. The van der Waals surface area contributed by atoms with E-state index in [9.17, 15) is 4.79 Å². The molecule has 0 aliphatic heterocycles. The summed E-state index contributed by atoms with van der Waals surface area (Å²) in [6.45, 7) is 1.92. The van der Waals surface area contributed by atoms with Crippen LogP contribution in [0, 0.1) is 0 Å². The van der Waals surface area contributed by atoms with Gasteiger partial charge in [0.15, 0.2) is 0 Å². The fourth-order valence-electron chi connectivity index (χ4n) is 1.34. The van der Waals surface area contributed by atoms with Crippen molar-refractivity contribution in [3.05, 3.63) is 35.2 Å². The lowest BCUT2D eigenvalue weighted by Crippen LogP contribution is -2.24. The molecular weight excluding hydrogens is 193 g/mol. The SMILES string of the molecule is CBNC(=O)c1cc2ccccc2s1. The van der Waals surface area contributed by atoms with Gasteiger partial charge in [-0.05, 0) is 17.5 Å². The lowest BCUT2D eigenvalue weighted by Gasteiger charge is -1.95. The zero-order valence-electron chi connectivity index (χ0n) is 7.91. The van der Waals surface area contributed by atoms with E-state index in [1.54, 1.807) is 0 Å². The summed E-state index contributed by atoms with van der Waals surface area (Å²) in [4.78, 5) is 12.3. The number of carbonyl (C=O) groups is 1. The number of benzene rings is 1. The summed E-state index contributed by atoms with van der Waals surface area (Å²) >= 11 is 1.53. The molecule has 1 heterocycles. The van der Waals surface area contributed by atoms with E-state index in [0.29, 0.717) is 7.41 Å². The van der Waals surface area contributed by atoms with E-state index >= 15 is 0 Å². The minimum Gasteiger partial charge on any atom is -0.398 e. The zero-order valence-corrected chi connectivity index (χ0v) is 8.73. The van der Waals surface area contributed by atoms with Gasteiger partial charge in [0.1, 0.15) is 0 Å². The third-order valence-electron chi connectivity index (χ3n) is 1.99. The Morgan fingerprint density at radius 1 is 1.43 bits per heavy atom. The van der Waals surface area contributed by atoms with Gasteiger partial charge in [-0.2, -0.15) is 0 Å². The van der Waals surface area contributed by atoms with E-state index in [-0.39, 0.29) is 5.91 Å². The standard InChI is InChI=1S/C10H10BNOS/c1-11-12-10(13)9-6-7-4-2-3-5-8(7)14-9/h2-6,11H,1H3,(H,12,13). The number of fused-ring (bicyclic) bond motifs is 1. The number of rotatable bonds is 2. The van der Waals surface area contributed by atoms with Crippen molar-refractivity contribution in [1.82, 2.24) is 5.23 Å². The van der Waals surface area contributed by atoms with Gasteiger partial charge in [-0.15, -0.1) is 11.3 Å². The van der Waals surface area contributed by atoms with Gasteiger partial charge in [0, 0.05) is 4.70 Å². The Morgan fingerprint density at radius 2 is 2.21 bits per heavy atom. The molecule has 0 radical (unpaired) electrons. The van der Waals surface area contributed by atoms with Crippen LogP contribution in [0.3, 0.4) is 0 Å². The van der Waals surface area contributed by atoms with E-state index in [0.717, 1.165) is 15.0 Å². The average molecular weight is 203 g/mol. The molecule has 0 aliphatic carbocycles. The first-order valence-electron chi connectivity index (χ1n) is 4.58. The van der Waals surface area contributed by atoms with Crippen LogP contribution in [0.5, 0.6) is 0 Å². The second kappa shape index (κ2) is 3.84. The zero-order chi connectivity index (χ0) is 9.97. The van der Waals surface area contributed by atoms with Crippen molar-refractivity contribution in [3.8, 4) is 0 Å². The molecule has 2 nitrogen and oxygen atoms in total. The summed E-state index contributed by atoms with van der Waals surface area (Å²) < 4.78 is 1.16. The maximum absolute atomic E-state index is 11.5. The second-order valence-electron chi connectivity index (χ2n) is 3.01. The van der Waals surface area contributed by atoms with E-state index in [2.05, 4.69) is 5.23 Å². The molecule has 4 heteroatoms. The van der Waals surface area contributed by atoms with Crippen molar-refractivity contribution in [2.45, 2.75) is 6.82 Å². The Labute approximate surface area is 87.2 Å². The van der Waals surface area contributed by atoms with Crippen molar-refractivity contribution >= 4 is 34.7 Å². The van der Waals surface area contributed by atoms with Crippen LogP contribution in [0.2, 0.25) is 6.82 Å². The molecule has 70 valence electrons. The van der Waals surface area contributed by atoms with E-state index < -0.39 is 0 Å². The normalized spacial score (nSPS) is 10.1. The van der Waals surface area contributed by atoms with Crippen molar-refractivity contribution < 1.29 is 4.79 Å². The highest BCUT2D eigenvalue weighted by Crippen LogP contribution is 2.24. The molecule has 0 aliphatic rings. The molecule has 1 amide bonds. The average Bonchev–Trinajstić information content (AvgIpc) is 2.61. The van der Waals surface area contributed by atoms with E-state index in [1.165, 1.54) is 11.3 Å². The number of hydrogen-bond donors (Lipinski definition) is 1. The smallest absolute Gasteiger partial charge is 0.249 e. The third-order valence-corrected chi connectivity index (χ3v) is 3.10. The van der Waals surface area contributed by atoms with Crippen LogP contribution >= 0.6 is 11.3 Å². The second-order valence-corrected chi connectivity index (χ2v) is 4.09. The Morgan fingerprint density at radius 3 is 2.93 bits per heavy atom. The molecule has 0 bridgehead atoms. The number of carbonyl (C=O) groups excluding carboxylic acids is 1. The largest absolute Gasteiger partial charge is 0.398 e. The summed E-state index contributed by atoms with van der Waals surface area (Å²) in [6.07, 6.45) is 0. The van der Waals surface area contributed by atoms with Crippen LogP contribution in [0.15, 0.2) is 30.3 Å². The van der Waals surface area contributed by atoms with Crippen LogP contribution in [-0.4, -0.2) is 13.3 Å². The molecule has 1 N–H and O–H groups in total. The summed E-state index contributed by atoms with van der Waals surface area (Å²) in [6, 6.07) is 9.96. The molecule has 0 saturated carbocycles. The van der Waals surface area contributed by atoms with Crippen LogP contribution in [0.1, 0.15) is 9.67 Å². The van der Waals surface area contributed by atoms with Gasteiger partial charge < -0.3 is 5.23 Å². The van der Waals surface area contributed by atoms with Crippen LogP contribution in [0.25, 0.3) is 10.1 Å². The highest BCUT2D eigenvalue weighted by Gasteiger charge is 2.07. The molecule has 0 saturated heterocycles. The maximum atomic E-state index is 11.5. The fraction of sp³-hybridized carbons (Fsp3) is 0.100. The first kappa shape index (κ1) is 9.28. The highest BCUT2D eigenvalue weighted by molar-refractivity contribution is 7.20. The Kier molecular flexibility index (Phi) is 2.54. The highest BCUT2D eigenvalue weighted by atomic mass is 32.1. The molecule has 14 heavy (non-hydrogen) atoms. The Bertz CT molecular complexity index is 433. The van der Waals surface area contributed by atoms with Crippen molar-refractivity contribution in [2.24, 2.45) is 0 Å². The molecular formula is C10H10BNOS. The van der Waals surface area contributed by atoms with Gasteiger partial charge in [-0.25, -0.2) is 0 Å². The summed E-state index contributed by atoms with van der Waals surface area (Å²) in [5, 5.41) is 3.93. The molecule has 2 aromatic rings. The summed E-state index contributed by atoms with van der Waals surface area (Å²) in [5.74, 6) is 0.0219. The summed E-state index contributed by atoms with van der Waals surface area (Å²) in [5.41, 5.74) is 0. The summed E-state index contributed by atoms with van der Waals surface area (Å²) in [7, 11) is 0.674. The van der Waals surface area contributed by atoms with Gasteiger partial charge >= 0.3 is 0 Å². The van der Waals surface area contributed by atoms with Crippen molar-refractivity contribution in [2.75, 3.05) is 0 Å². The van der Waals surface area contributed by atoms with Gasteiger partial charge in [-0.1, -0.05) is 25.0 Å². The van der Waals surface area contributed by atoms with Gasteiger partial charge in [0.2, 0.25) is 13.3 Å². The predicted molar refractivity (Wildman–Crippen MR) is 62.3 cm³/mol. The van der Waals surface area contributed by atoms with Crippen LogP contribution in [0.4, 0.5) is 0 Å². The lowest BCUT2D eigenvalue weighted by atomic mass is 10.0. The number of amides is 1. The predicted octanol–water partition coefficient (Wildman–Crippen LogP) is 2.03. The maximum Gasteiger partial charge on any atom is 0.249 e. The van der Waals surface area contributed by atoms with Crippen LogP contribution < -0.4 is 5.23 Å². The Hall–Kier alpha value is -1.29.